The molecule has 2 aromatic heterocycles. The molecule has 11 heteroatoms. The topological polar surface area (TPSA) is 106 Å². The molecular weight excluding hydrogens is 431 g/mol. The standard InChI is InChI=1S/C19H24Cl2N6O3/c1-22-9-13(11-29-2)30-6-5-27-17-16(10-24-27)25-19(26-18(17)28)23-8-12-3-4-14(20)15(21)7-12/h3-4,7,10,13,22H,5-6,8-9,11H2,1-2H3,(H2,23,25,26,28). The van der Waals surface area contributed by atoms with Gasteiger partial charge in [-0.2, -0.15) is 5.10 Å². The molecule has 0 bridgehead atoms. The Bertz CT molecular complexity index is 1030. The lowest BCUT2D eigenvalue weighted by Crippen LogP contribution is -2.31. The van der Waals surface area contributed by atoms with Crippen LogP contribution in [0.4, 0.5) is 5.95 Å². The number of halogens is 2. The Balaban J connectivity index is 1.65. The fourth-order valence-electron chi connectivity index (χ4n) is 2.98. The third-order valence-electron chi connectivity index (χ3n) is 4.38. The predicted molar refractivity (Wildman–Crippen MR) is 117 cm³/mol. The molecule has 9 nitrogen and oxygen atoms in total. The van der Waals surface area contributed by atoms with E-state index in [1.807, 2.05) is 13.1 Å². The molecular formula is C19H24Cl2N6O3. The zero-order valence-electron chi connectivity index (χ0n) is 16.7. The molecule has 0 aliphatic heterocycles. The number of ether oxygens (including phenoxy) is 2. The Morgan fingerprint density at radius 2 is 2.13 bits per heavy atom. The van der Waals surface area contributed by atoms with E-state index < -0.39 is 0 Å². The number of benzene rings is 1. The van der Waals surface area contributed by atoms with E-state index >= 15 is 0 Å². The maximum atomic E-state index is 12.6. The normalized spacial score (nSPS) is 12.4. The lowest BCUT2D eigenvalue weighted by atomic mass is 10.2. The summed E-state index contributed by atoms with van der Waals surface area (Å²) in [5, 5.41) is 11.4. The molecule has 3 aromatic rings. The number of likely N-dealkylation sites (N-methyl/N-ethyl adjacent to an activating group) is 1. The van der Waals surface area contributed by atoms with Gasteiger partial charge in [-0.15, -0.1) is 0 Å². The van der Waals surface area contributed by atoms with Crippen LogP contribution in [0.3, 0.4) is 0 Å². The van der Waals surface area contributed by atoms with E-state index in [0.717, 1.165) is 5.56 Å². The summed E-state index contributed by atoms with van der Waals surface area (Å²) in [7, 11) is 3.48. The summed E-state index contributed by atoms with van der Waals surface area (Å²) in [6, 6.07) is 5.33. The molecule has 0 radical (unpaired) electrons. The molecule has 162 valence electrons. The molecule has 1 atom stereocenters. The van der Waals surface area contributed by atoms with Gasteiger partial charge in [-0.05, 0) is 24.7 Å². The third kappa shape index (κ3) is 5.71. The largest absolute Gasteiger partial charge is 0.382 e. The van der Waals surface area contributed by atoms with Gasteiger partial charge in [0, 0.05) is 20.2 Å². The Labute approximate surface area is 183 Å². The second-order valence-electron chi connectivity index (χ2n) is 6.62. The predicted octanol–water partition coefficient (Wildman–Crippen LogP) is 2.29. The lowest BCUT2D eigenvalue weighted by molar-refractivity contribution is -0.00362. The van der Waals surface area contributed by atoms with Gasteiger partial charge in [-0.3, -0.25) is 14.5 Å². The zero-order chi connectivity index (χ0) is 21.5. The van der Waals surface area contributed by atoms with Crippen LogP contribution in [0.1, 0.15) is 5.56 Å². The van der Waals surface area contributed by atoms with Gasteiger partial charge < -0.3 is 20.1 Å². The first-order valence-corrected chi connectivity index (χ1v) is 10.2. The second kappa shape index (κ2) is 10.7. The van der Waals surface area contributed by atoms with Crippen LogP contribution in [0.15, 0.2) is 29.2 Å². The average Bonchev–Trinajstić information content (AvgIpc) is 3.13. The second-order valence-corrected chi connectivity index (χ2v) is 7.44. The minimum absolute atomic E-state index is 0.0737. The summed E-state index contributed by atoms with van der Waals surface area (Å²) in [5.74, 6) is 0.351. The van der Waals surface area contributed by atoms with Crippen molar-refractivity contribution >= 4 is 40.2 Å². The van der Waals surface area contributed by atoms with Crippen molar-refractivity contribution in [3.8, 4) is 0 Å². The number of anilines is 1. The van der Waals surface area contributed by atoms with Crippen LogP contribution in [0.25, 0.3) is 11.0 Å². The number of hydrogen-bond donors (Lipinski definition) is 3. The third-order valence-corrected chi connectivity index (χ3v) is 5.12. The fourth-order valence-corrected chi connectivity index (χ4v) is 3.30. The molecule has 0 saturated heterocycles. The van der Waals surface area contributed by atoms with E-state index in [9.17, 15) is 4.79 Å². The molecule has 0 fully saturated rings. The molecule has 2 heterocycles. The number of aromatic nitrogens is 4. The van der Waals surface area contributed by atoms with E-state index in [1.165, 1.54) is 0 Å². The first kappa shape index (κ1) is 22.5. The van der Waals surface area contributed by atoms with E-state index in [2.05, 4.69) is 25.7 Å². The van der Waals surface area contributed by atoms with Gasteiger partial charge in [0.25, 0.3) is 5.56 Å². The highest BCUT2D eigenvalue weighted by Crippen LogP contribution is 2.22. The SMILES string of the molecule is CNCC(COC)OCCn1ncc2nc(NCc3ccc(Cl)c(Cl)c3)[nH]c(=O)c21. The van der Waals surface area contributed by atoms with Gasteiger partial charge in [-0.1, -0.05) is 29.3 Å². The summed E-state index contributed by atoms with van der Waals surface area (Å²) in [6.07, 6.45) is 1.49. The molecule has 0 aliphatic rings. The molecule has 3 N–H and O–H groups in total. The van der Waals surface area contributed by atoms with Gasteiger partial charge >= 0.3 is 0 Å². The molecule has 0 amide bonds. The molecule has 1 unspecified atom stereocenters. The first-order valence-electron chi connectivity index (χ1n) is 9.40. The molecule has 3 rings (SSSR count). The smallest absolute Gasteiger partial charge is 0.278 e. The number of H-pyrrole nitrogens is 1. The lowest BCUT2D eigenvalue weighted by Gasteiger charge is -2.16. The van der Waals surface area contributed by atoms with Gasteiger partial charge in [-0.25, -0.2) is 4.98 Å². The summed E-state index contributed by atoms with van der Waals surface area (Å²) >= 11 is 12.0. The van der Waals surface area contributed by atoms with Gasteiger partial charge in [0.15, 0.2) is 5.52 Å². The van der Waals surface area contributed by atoms with Crippen LogP contribution in [0.5, 0.6) is 0 Å². The minimum Gasteiger partial charge on any atom is -0.382 e. The highest BCUT2D eigenvalue weighted by Gasteiger charge is 2.12. The number of aromatic amines is 1. The van der Waals surface area contributed by atoms with Gasteiger partial charge in [0.05, 0.1) is 42.1 Å². The molecule has 30 heavy (non-hydrogen) atoms. The Kier molecular flexibility index (Phi) is 8.06. The average molecular weight is 455 g/mol. The molecule has 0 aliphatic carbocycles. The highest BCUT2D eigenvalue weighted by molar-refractivity contribution is 6.42. The van der Waals surface area contributed by atoms with Crippen LogP contribution >= 0.6 is 23.2 Å². The number of nitrogens with one attached hydrogen (secondary N) is 3. The maximum absolute atomic E-state index is 12.6. The number of methoxy groups -OCH3 is 1. The molecule has 0 saturated carbocycles. The van der Waals surface area contributed by atoms with Crippen molar-refractivity contribution in [2.45, 2.75) is 19.2 Å². The molecule has 0 spiro atoms. The molecule has 1 aromatic carbocycles. The van der Waals surface area contributed by atoms with Crippen LogP contribution < -0.4 is 16.2 Å². The van der Waals surface area contributed by atoms with Crippen LogP contribution in [-0.4, -0.2) is 59.8 Å². The van der Waals surface area contributed by atoms with Crippen molar-refractivity contribution in [3.05, 3.63) is 50.4 Å². The Morgan fingerprint density at radius 1 is 1.30 bits per heavy atom. The van der Waals surface area contributed by atoms with E-state index in [0.29, 0.717) is 59.9 Å². The Hall–Kier alpha value is -2.17. The van der Waals surface area contributed by atoms with Crippen molar-refractivity contribution in [1.82, 2.24) is 25.1 Å². The maximum Gasteiger partial charge on any atom is 0.278 e. The van der Waals surface area contributed by atoms with Crippen molar-refractivity contribution in [1.29, 1.82) is 0 Å². The Morgan fingerprint density at radius 3 is 2.87 bits per heavy atom. The first-order chi connectivity index (χ1) is 14.5. The monoisotopic (exact) mass is 454 g/mol. The summed E-state index contributed by atoms with van der Waals surface area (Å²) < 4.78 is 12.5. The summed E-state index contributed by atoms with van der Waals surface area (Å²) in [5.41, 5.74) is 1.53. The highest BCUT2D eigenvalue weighted by atomic mass is 35.5. The number of hydrogen-bond acceptors (Lipinski definition) is 7. The number of nitrogens with zero attached hydrogens (tertiary/aromatic N) is 3. The van der Waals surface area contributed by atoms with Crippen LogP contribution in [0.2, 0.25) is 10.0 Å². The van der Waals surface area contributed by atoms with Gasteiger partial charge in [0.2, 0.25) is 5.95 Å². The van der Waals surface area contributed by atoms with E-state index in [-0.39, 0.29) is 11.7 Å². The fraction of sp³-hybridized carbons (Fsp3) is 0.421. The van der Waals surface area contributed by atoms with Crippen molar-refractivity contribution in [3.63, 3.8) is 0 Å². The number of rotatable bonds is 11. The van der Waals surface area contributed by atoms with Crippen molar-refractivity contribution in [2.24, 2.45) is 0 Å². The van der Waals surface area contributed by atoms with Crippen LogP contribution in [0, 0.1) is 0 Å². The minimum atomic E-state index is -0.280. The van der Waals surface area contributed by atoms with Crippen molar-refractivity contribution < 1.29 is 9.47 Å². The van der Waals surface area contributed by atoms with Gasteiger partial charge in [0.1, 0.15) is 5.52 Å². The zero-order valence-corrected chi connectivity index (χ0v) is 18.3. The van der Waals surface area contributed by atoms with E-state index in [4.69, 9.17) is 32.7 Å². The number of fused-ring (bicyclic) bond motifs is 1. The van der Waals surface area contributed by atoms with Crippen molar-refractivity contribution in [2.75, 3.05) is 39.2 Å². The summed E-state index contributed by atoms with van der Waals surface area (Å²) in [4.78, 5) is 19.8. The quantitative estimate of drug-likeness (QED) is 0.407. The van der Waals surface area contributed by atoms with E-state index in [1.54, 1.807) is 30.1 Å². The van der Waals surface area contributed by atoms with Crippen LogP contribution in [-0.2, 0) is 22.6 Å². The summed E-state index contributed by atoms with van der Waals surface area (Å²) in [6.45, 7) is 2.40.